The average molecular weight is 373 g/mol. The van der Waals surface area contributed by atoms with E-state index in [9.17, 15) is 0 Å². The van der Waals surface area contributed by atoms with E-state index in [-0.39, 0.29) is 6.04 Å². The summed E-state index contributed by atoms with van der Waals surface area (Å²) in [7, 11) is 0. The number of benzene rings is 2. The van der Waals surface area contributed by atoms with Crippen LogP contribution >= 0.6 is 39.1 Å². The molecule has 0 saturated heterocycles. The second kappa shape index (κ2) is 6.84. The van der Waals surface area contributed by atoms with E-state index < -0.39 is 0 Å². The highest BCUT2D eigenvalue weighted by molar-refractivity contribution is 9.10. The monoisotopic (exact) mass is 371 g/mol. The van der Waals surface area contributed by atoms with E-state index >= 15 is 0 Å². The molecule has 20 heavy (non-hydrogen) atoms. The number of rotatable bonds is 4. The van der Waals surface area contributed by atoms with Crippen molar-refractivity contribution in [3.63, 3.8) is 0 Å². The van der Waals surface area contributed by atoms with Gasteiger partial charge in [0, 0.05) is 10.2 Å². The molecule has 1 unspecified atom stereocenters. The maximum Gasteiger partial charge on any atom is 0.0595 e. The maximum atomic E-state index is 6.10. The third-order valence-corrected chi connectivity index (χ3v) is 4.50. The Labute approximate surface area is 138 Å². The van der Waals surface area contributed by atoms with Crippen LogP contribution < -0.4 is 5.32 Å². The van der Waals surface area contributed by atoms with Gasteiger partial charge in [0.25, 0.3) is 0 Å². The highest BCUT2D eigenvalue weighted by Gasteiger charge is 2.12. The van der Waals surface area contributed by atoms with Crippen LogP contribution in [0.1, 0.15) is 30.5 Å². The minimum atomic E-state index is 0.213. The lowest BCUT2D eigenvalue weighted by molar-refractivity contribution is 0.748. The molecule has 0 aromatic heterocycles. The van der Waals surface area contributed by atoms with Crippen LogP contribution in [0.3, 0.4) is 0 Å². The van der Waals surface area contributed by atoms with Crippen molar-refractivity contribution in [2.45, 2.75) is 26.3 Å². The minimum absolute atomic E-state index is 0.213. The molecule has 2 aromatic carbocycles. The normalized spacial score (nSPS) is 12.2. The standard InChI is InChI=1S/C16H16BrCl2N/c1-3-15(11-4-6-13(18)14(19)9-11)20-16-7-5-12(17)8-10(16)2/h4-9,15,20H,3H2,1-2H3. The number of nitrogens with one attached hydrogen (secondary N) is 1. The molecule has 2 aromatic rings. The van der Waals surface area contributed by atoms with Gasteiger partial charge in [-0.2, -0.15) is 0 Å². The van der Waals surface area contributed by atoms with Gasteiger partial charge < -0.3 is 5.32 Å². The van der Waals surface area contributed by atoms with Gasteiger partial charge >= 0.3 is 0 Å². The van der Waals surface area contributed by atoms with Gasteiger partial charge in [0.05, 0.1) is 16.1 Å². The van der Waals surface area contributed by atoms with Crippen LogP contribution in [0.2, 0.25) is 10.0 Å². The van der Waals surface area contributed by atoms with Crippen LogP contribution in [0.4, 0.5) is 5.69 Å². The van der Waals surface area contributed by atoms with Crippen LogP contribution in [0, 0.1) is 6.92 Å². The lowest BCUT2D eigenvalue weighted by atomic mass is 10.0. The Kier molecular flexibility index (Phi) is 5.36. The largest absolute Gasteiger partial charge is 0.378 e. The third kappa shape index (κ3) is 3.69. The molecule has 0 amide bonds. The summed E-state index contributed by atoms with van der Waals surface area (Å²) in [6.45, 7) is 4.24. The molecule has 1 nitrogen and oxygen atoms in total. The third-order valence-electron chi connectivity index (χ3n) is 3.27. The fourth-order valence-corrected chi connectivity index (χ4v) is 2.91. The fourth-order valence-electron chi connectivity index (χ4n) is 2.13. The molecule has 0 spiro atoms. The van der Waals surface area contributed by atoms with Crippen molar-refractivity contribution in [1.82, 2.24) is 0 Å². The van der Waals surface area contributed by atoms with Crippen molar-refractivity contribution >= 4 is 44.8 Å². The van der Waals surface area contributed by atoms with Crippen molar-refractivity contribution in [3.8, 4) is 0 Å². The topological polar surface area (TPSA) is 12.0 Å². The summed E-state index contributed by atoms with van der Waals surface area (Å²) in [6.07, 6.45) is 0.966. The molecular formula is C16H16BrCl2N. The molecule has 4 heteroatoms. The zero-order valence-electron chi connectivity index (χ0n) is 11.4. The van der Waals surface area contributed by atoms with E-state index in [1.165, 1.54) is 5.56 Å². The van der Waals surface area contributed by atoms with E-state index in [1.807, 2.05) is 24.3 Å². The highest BCUT2D eigenvalue weighted by Crippen LogP contribution is 2.30. The van der Waals surface area contributed by atoms with Gasteiger partial charge in [-0.25, -0.2) is 0 Å². The second-order valence-electron chi connectivity index (χ2n) is 4.74. The summed E-state index contributed by atoms with van der Waals surface area (Å²) >= 11 is 15.6. The van der Waals surface area contributed by atoms with E-state index in [0.717, 1.165) is 22.1 Å². The Morgan fingerprint density at radius 1 is 1.10 bits per heavy atom. The number of aryl methyl sites for hydroxylation is 1. The van der Waals surface area contributed by atoms with Crippen molar-refractivity contribution in [3.05, 3.63) is 62.0 Å². The Hall–Kier alpha value is -0.700. The summed E-state index contributed by atoms with van der Waals surface area (Å²) < 4.78 is 1.09. The summed E-state index contributed by atoms with van der Waals surface area (Å²) in [5, 5.41) is 4.75. The van der Waals surface area contributed by atoms with Crippen molar-refractivity contribution in [1.29, 1.82) is 0 Å². The van der Waals surface area contributed by atoms with Gasteiger partial charge in [-0.05, 0) is 54.8 Å². The molecule has 0 heterocycles. The molecule has 1 N–H and O–H groups in total. The summed E-state index contributed by atoms with van der Waals surface area (Å²) in [4.78, 5) is 0. The van der Waals surface area contributed by atoms with Crippen molar-refractivity contribution in [2.24, 2.45) is 0 Å². The number of anilines is 1. The molecule has 0 aliphatic heterocycles. The van der Waals surface area contributed by atoms with Crippen molar-refractivity contribution in [2.75, 3.05) is 5.32 Å². The van der Waals surface area contributed by atoms with Crippen molar-refractivity contribution < 1.29 is 0 Å². The van der Waals surface area contributed by atoms with Crippen LogP contribution in [-0.4, -0.2) is 0 Å². The molecule has 1 atom stereocenters. The highest BCUT2D eigenvalue weighted by atomic mass is 79.9. The van der Waals surface area contributed by atoms with E-state index in [4.69, 9.17) is 23.2 Å². The Morgan fingerprint density at radius 3 is 2.45 bits per heavy atom. The second-order valence-corrected chi connectivity index (χ2v) is 6.47. The molecule has 0 aliphatic rings. The first-order valence-corrected chi connectivity index (χ1v) is 8.03. The maximum absolute atomic E-state index is 6.10. The molecule has 0 aliphatic carbocycles. The predicted octanol–water partition coefficient (Wildman–Crippen LogP) is 6.63. The van der Waals surface area contributed by atoms with Gasteiger partial charge in [0.2, 0.25) is 0 Å². The first-order chi connectivity index (χ1) is 9.51. The van der Waals surface area contributed by atoms with Gasteiger partial charge in [0.1, 0.15) is 0 Å². The Bertz CT molecular complexity index is 613. The zero-order chi connectivity index (χ0) is 14.7. The van der Waals surface area contributed by atoms with Gasteiger partial charge in [-0.1, -0.05) is 52.1 Å². The predicted molar refractivity (Wildman–Crippen MR) is 92.0 cm³/mol. The summed E-state index contributed by atoms with van der Waals surface area (Å²) in [6, 6.07) is 12.2. The quantitative estimate of drug-likeness (QED) is 0.635. The SMILES string of the molecule is CCC(Nc1ccc(Br)cc1C)c1ccc(Cl)c(Cl)c1. The summed E-state index contributed by atoms with van der Waals surface area (Å²) in [5.41, 5.74) is 3.48. The number of hydrogen-bond donors (Lipinski definition) is 1. The van der Waals surface area contributed by atoms with E-state index in [1.54, 1.807) is 0 Å². The molecule has 0 bridgehead atoms. The van der Waals surface area contributed by atoms with Crippen LogP contribution in [0.15, 0.2) is 40.9 Å². The van der Waals surface area contributed by atoms with E-state index in [2.05, 4.69) is 47.2 Å². The van der Waals surface area contributed by atoms with Crippen LogP contribution in [0.25, 0.3) is 0 Å². The molecule has 2 rings (SSSR count). The van der Waals surface area contributed by atoms with Gasteiger partial charge in [0.15, 0.2) is 0 Å². The smallest absolute Gasteiger partial charge is 0.0595 e. The zero-order valence-corrected chi connectivity index (χ0v) is 14.5. The molecule has 0 radical (unpaired) electrons. The molecular weight excluding hydrogens is 357 g/mol. The first kappa shape index (κ1) is 15.7. The molecule has 0 fully saturated rings. The average Bonchev–Trinajstić information content (AvgIpc) is 2.41. The van der Waals surface area contributed by atoms with E-state index in [0.29, 0.717) is 10.0 Å². The first-order valence-electron chi connectivity index (χ1n) is 6.49. The molecule has 106 valence electrons. The lowest BCUT2D eigenvalue weighted by Crippen LogP contribution is -2.10. The number of halogens is 3. The minimum Gasteiger partial charge on any atom is -0.378 e. The van der Waals surface area contributed by atoms with Crippen LogP contribution in [0.5, 0.6) is 0 Å². The lowest BCUT2D eigenvalue weighted by Gasteiger charge is -2.21. The Balaban J connectivity index is 2.26. The fraction of sp³-hybridized carbons (Fsp3) is 0.250. The molecule has 0 saturated carbocycles. The Morgan fingerprint density at radius 2 is 1.85 bits per heavy atom. The van der Waals surface area contributed by atoms with Gasteiger partial charge in [-0.15, -0.1) is 0 Å². The van der Waals surface area contributed by atoms with Crippen LogP contribution in [-0.2, 0) is 0 Å². The summed E-state index contributed by atoms with van der Waals surface area (Å²) in [5.74, 6) is 0. The number of hydrogen-bond acceptors (Lipinski definition) is 1. The van der Waals surface area contributed by atoms with Gasteiger partial charge in [-0.3, -0.25) is 0 Å².